The van der Waals surface area contributed by atoms with Gasteiger partial charge in [0.15, 0.2) is 0 Å². The van der Waals surface area contributed by atoms with Gasteiger partial charge in [-0.1, -0.05) is 48.5 Å². The van der Waals surface area contributed by atoms with Gasteiger partial charge in [-0.3, -0.25) is 4.79 Å². The topological polar surface area (TPSA) is 87.1 Å². The first-order valence-electron chi connectivity index (χ1n) is 11.3. The van der Waals surface area contributed by atoms with Crippen molar-refractivity contribution in [2.75, 3.05) is 10.6 Å². The number of amides is 1. The molecule has 0 spiro atoms. The second-order valence-electron chi connectivity index (χ2n) is 8.39. The summed E-state index contributed by atoms with van der Waals surface area (Å²) in [6, 6.07) is 28.0. The third-order valence-corrected chi connectivity index (χ3v) is 5.85. The summed E-state index contributed by atoms with van der Waals surface area (Å²) in [6.45, 7) is 3.95. The molecule has 5 aromatic rings. The van der Waals surface area contributed by atoms with Crippen LogP contribution in [0.15, 0.2) is 91.0 Å². The van der Waals surface area contributed by atoms with E-state index in [1.807, 2.05) is 80.6 Å². The molecule has 0 radical (unpaired) electrons. The summed E-state index contributed by atoms with van der Waals surface area (Å²) in [4.78, 5) is 22.1. The molecule has 1 aromatic heterocycles. The summed E-state index contributed by atoms with van der Waals surface area (Å²) in [5.41, 5.74) is 6.51. The number of nitrogens with zero attached hydrogens (tertiary/aromatic N) is 2. The highest BCUT2D eigenvalue weighted by molar-refractivity contribution is 6.05. The molecule has 1 heterocycles. The summed E-state index contributed by atoms with van der Waals surface area (Å²) in [6.07, 6.45) is 0. The van der Waals surface area contributed by atoms with Crippen molar-refractivity contribution >= 4 is 34.1 Å². The quantitative estimate of drug-likeness (QED) is 0.274. The average molecular weight is 461 g/mol. The Morgan fingerprint density at radius 2 is 1.51 bits per heavy atom. The predicted molar refractivity (Wildman–Crippen MR) is 140 cm³/mol. The van der Waals surface area contributed by atoms with E-state index in [1.165, 1.54) is 0 Å². The van der Waals surface area contributed by atoms with Crippen molar-refractivity contribution in [3.63, 3.8) is 0 Å². The lowest BCUT2D eigenvalue weighted by Gasteiger charge is -2.13. The largest absolute Gasteiger partial charge is 0.508 e. The number of anilines is 3. The van der Waals surface area contributed by atoms with Crippen LogP contribution in [0.1, 0.15) is 21.5 Å². The maximum absolute atomic E-state index is 12.8. The van der Waals surface area contributed by atoms with Gasteiger partial charge in [0.25, 0.3) is 5.91 Å². The summed E-state index contributed by atoms with van der Waals surface area (Å²) in [5, 5.41) is 17.1. The van der Waals surface area contributed by atoms with Crippen LogP contribution >= 0.6 is 0 Å². The van der Waals surface area contributed by atoms with Crippen molar-refractivity contribution in [1.29, 1.82) is 0 Å². The second-order valence-corrected chi connectivity index (χ2v) is 8.39. The van der Waals surface area contributed by atoms with Crippen molar-refractivity contribution in [2.45, 2.75) is 13.8 Å². The molecule has 6 heteroatoms. The average Bonchev–Trinajstić information content (AvgIpc) is 2.86. The van der Waals surface area contributed by atoms with Gasteiger partial charge in [-0.2, -0.15) is 0 Å². The minimum absolute atomic E-state index is 0.139. The van der Waals surface area contributed by atoms with E-state index < -0.39 is 0 Å². The first kappa shape index (κ1) is 22.1. The Morgan fingerprint density at radius 1 is 0.800 bits per heavy atom. The first-order chi connectivity index (χ1) is 17.0. The molecule has 0 aliphatic carbocycles. The fraction of sp³-hybridized carbons (Fsp3) is 0.0690. The molecular weight excluding hydrogens is 436 g/mol. The molecule has 5 rings (SSSR count). The zero-order chi connectivity index (χ0) is 24.4. The second kappa shape index (κ2) is 9.27. The van der Waals surface area contributed by atoms with Crippen LogP contribution in [0.25, 0.3) is 22.2 Å². The van der Waals surface area contributed by atoms with E-state index in [4.69, 9.17) is 4.98 Å². The van der Waals surface area contributed by atoms with E-state index in [-0.39, 0.29) is 11.7 Å². The molecule has 0 aliphatic heterocycles. The molecule has 4 aromatic carbocycles. The number of hydrogen-bond donors (Lipinski definition) is 3. The highest BCUT2D eigenvalue weighted by Gasteiger charge is 2.12. The van der Waals surface area contributed by atoms with Crippen LogP contribution in [0.3, 0.4) is 0 Å². The lowest BCUT2D eigenvalue weighted by Crippen LogP contribution is -2.13. The Balaban J connectivity index is 1.42. The Kier molecular flexibility index (Phi) is 5.85. The van der Waals surface area contributed by atoms with Crippen LogP contribution in [0.2, 0.25) is 0 Å². The number of aryl methyl sites for hydroxylation is 2. The van der Waals surface area contributed by atoms with E-state index in [0.717, 1.165) is 39.1 Å². The first-order valence-corrected chi connectivity index (χ1v) is 11.3. The zero-order valence-corrected chi connectivity index (χ0v) is 19.4. The monoisotopic (exact) mass is 460 g/mol. The third kappa shape index (κ3) is 4.68. The Labute approximate surface area is 203 Å². The number of nitrogens with one attached hydrogen (secondary N) is 2. The summed E-state index contributed by atoms with van der Waals surface area (Å²) < 4.78 is 0. The van der Waals surface area contributed by atoms with Gasteiger partial charge in [0.1, 0.15) is 5.75 Å². The van der Waals surface area contributed by atoms with Crippen molar-refractivity contribution < 1.29 is 9.90 Å². The summed E-state index contributed by atoms with van der Waals surface area (Å²) in [5.74, 6) is 0.368. The van der Waals surface area contributed by atoms with E-state index in [9.17, 15) is 9.90 Å². The SMILES string of the molecule is Cc1cccc(C)c1NC(=O)c1ccc(Nc2nc(-c3ccccc3)c3ccc(O)cc3n2)cc1. The lowest BCUT2D eigenvalue weighted by molar-refractivity contribution is 0.102. The molecule has 0 unspecified atom stereocenters. The molecule has 6 nitrogen and oxygen atoms in total. The predicted octanol–water partition coefficient (Wildman–Crippen LogP) is 6.62. The van der Waals surface area contributed by atoms with Crippen molar-refractivity contribution in [3.05, 3.63) is 108 Å². The van der Waals surface area contributed by atoms with E-state index in [2.05, 4.69) is 15.6 Å². The van der Waals surface area contributed by atoms with Crippen molar-refractivity contribution in [2.24, 2.45) is 0 Å². The smallest absolute Gasteiger partial charge is 0.255 e. The molecule has 0 atom stereocenters. The maximum Gasteiger partial charge on any atom is 0.255 e. The van der Waals surface area contributed by atoms with Gasteiger partial charge in [0, 0.05) is 34.0 Å². The van der Waals surface area contributed by atoms with Gasteiger partial charge in [0.2, 0.25) is 5.95 Å². The number of aromatic nitrogens is 2. The van der Waals surface area contributed by atoms with E-state index >= 15 is 0 Å². The van der Waals surface area contributed by atoms with Crippen molar-refractivity contribution in [1.82, 2.24) is 9.97 Å². The number of hydrogen-bond acceptors (Lipinski definition) is 5. The molecule has 3 N–H and O–H groups in total. The van der Waals surface area contributed by atoms with Crippen molar-refractivity contribution in [3.8, 4) is 17.0 Å². The number of aromatic hydroxyl groups is 1. The van der Waals surface area contributed by atoms with Crippen LogP contribution < -0.4 is 10.6 Å². The van der Waals surface area contributed by atoms with Crippen LogP contribution in [0.5, 0.6) is 5.75 Å². The number of phenols is 1. The summed E-state index contributed by atoms with van der Waals surface area (Å²) >= 11 is 0. The molecular formula is C29H24N4O2. The third-order valence-electron chi connectivity index (χ3n) is 5.85. The number of benzene rings is 4. The number of fused-ring (bicyclic) bond motifs is 1. The van der Waals surface area contributed by atoms with Gasteiger partial charge >= 0.3 is 0 Å². The molecule has 0 saturated carbocycles. The Hall–Kier alpha value is -4.71. The van der Waals surface area contributed by atoms with Gasteiger partial charge in [-0.05, 0) is 61.4 Å². The normalized spacial score (nSPS) is 10.8. The van der Waals surface area contributed by atoms with Gasteiger partial charge < -0.3 is 15.7 Å². The van der Waals surface area contributed by atoms with Gasteiger partial charge in [-0.15, -0.1) is 0 Å². The van der Waals surface area contributed by atoms with Gasteiger partial charge in [-0.25, -0.2) is 9.97 Å². The number of carbonyl (C=O) groups is 1. The number of para-hydroxylation sites is 1. The standard InChI is InChI=1S/C29H24N4O2/c1-18-7-6-8-19(2)26(18)32-28(35)21-11-13-22(14-12-21)30-29-31-25-17-23(34)15-16-24(25)27(33-29)20-9-4-3-5-10-20/h3-17,34H,1-2H3,(H,32,35)(H,30,31,33). The van der Waals surface area contributed by atoms with Gasteiger partial charge in [0.05, 0.1) is 11.2 Å². The number of carbonyl (C=O) groups excluding carboxylic acids is 1. The minimum Gasteiger partial charge on any atom is -0.508 e. The molecule has 1 amide bonds. The Bertz CT molecular complexity index is 1510. The summed E-state index contributed by atoms with van der Waals surface area (Å²) in [7, 11) is 0. The fourth-order valence-electron chi connectivity index (χ4n) is 4.02. The molecule has 0 fully saturated rings. The van der Waals surface area contributed by atoms with Crippen LogP contribution in [0.4, 0.5) is 17.3 Å². The molecule has 0 bridgehead atoms. The minimum atomic E-state index is -0.169. The van der Waals surface area contributed by atoms with Crippen LogP contribution in [-0.4, -0.2) is 21.0 Å². The number of rotatable bonds is 5. The van der Waals surface area contributed by atoms with E-state index in [1.54, 1.807) is 24.3 Å². The Morgan fingerprint density at radius 3 is 2.23 bits per heavy atom. The zero-order valence-electron chi connectivity index (χ0n) is 19.4. The highest BCUT2D eigenvalue weighted by Crippen LogP contribution is 2.30. The maximum atomic E-state index is 12.8. The molecule has 172 valence electrons. The van der Waals surface area contributed by atoms with E-state index in [0.29, 0.717) is 17.0 Å². The fourth-order valence-corrected chi connectivity index (χ4v) is 4.02. The molecule has 0 aliphatic rings. The molecule has 35 heavy (non-hydrogen) atoms. The van der Waals surface area contributed by atoms with Crippen LogP contribution in [-0.2, 0) is 0 Å². The lowest BCUT2D eigenvalue weighted by atomic mass is 10.1. The highest BCUT2D eigenvalue weighted by atomic mass is 16.3. The molecule has 0 saturated heterocycles. The van der Waals surface area contributed by atoms with Crippen LogP contribution in [0, 0.1) is 13.8 Å². The number of phenolic OH excluding ortho intramolecular Hbond substituents is 1.